The first-order valence-electron chi connectivity index (χ1n) is 8.26. The molecular weight excluding hydrogens is 289 g/mol. The number of nitrogens with one attached hydrogen (secondary N) is 1. The average molecular weight is 312 g/mol. The Morgan fingerprint density at radius 2 is 1.55 bits per heavy atom. The molecule has 1 saturated heterocycles. The molecule has 0 spiro atoms. The molecule has 1 heterocycles. The van der Waals surface area contributed by atoms with Gasteiger partial charge in [-0.05, 0) is 36.5 Å². The van der Waals surface area contributed by atoms with E-state index in [0.29, 0.717) is 11.5 Å². The summed E-state index contributed by atoms with van der Waals surface area (Å²) in [6.07, 6.45) is 5.72. The lowest BCUT2D eigenvalue weighted by Crippen LogP contribution is -2.47. The molecular formula is C17H23F3N2. The molecule has 1 saturated carbocycles. The third kappa shape index (κ3) is 3.30. The van der Waals surface area contributed by atoms with Crippen LogP contribution in [0.2, 0.25) is 0 Å². The lowest BCUT2D eigenvalue weighted by atomic mass is 9.80. The molecule has 0 unspecified atom stereocenters. The summed E-state index contributed by atoms with van der Waals surface area (Å²) in [6.45, 7) is 3.49. The van der Waals surface area contributed by atoms with Crippen LogP contribution in [-0.2, 0) is 0 Å². The Labute approximate surface area is 129 Å². The van der Waals surface area contributed by atoms with E-state index in [2.05, 4.69) is 10.2 Å². The van der Waals surface area contributed by atoms with E-state index >= 15 is 0 Å². The first-order chi connectivity index (χ1) is 10.7. The van der Waals surface area contributed by atoms with Crippen molar-refractivity contribution >= 4 is 0 Å². The minimum absolute atomic E-state index is 0.00741. The molecule has 0 radical (unpaired) electrons. The summed E-state index contributed by atoms with van der Waals surface area (Å²) in [7, 11) is 0. The van der Waals surface area contributed by atoms with Crippen molar-refractivity contribution in [1.82, 2.24) is 10.2 Å². The van der Waals surface area contributed by atoms with E-state index in [0.717, 1.165) is 39.0 Å². The van der Waals surface area contributed by atoms with Crippen molar-refractivity contribution in [2.24, 2.45) is 5.92 Å². The highest BCUT2D eigenvalue weighted by Crippen LogP contribution is 2.39. The zero-order chi connectivity index (χ0) is 15.5. The van der Waals surface area contributed by atoms with Gasteiger partial charge in [0.05, 0.1) is 0 Å². The van der Waals surface area contributed by atoms with Gasteiger partial charge in [0, 0.05) is 32.2 Å². The van der Waals surface area contributed by atoms with Crippen molar-refractivity contribution < 1.29 is 13.2 Å². The van der Waals surface area contributed by atoms with Crippen molar-refractivity contribution in [1.29, 1.82) is 0 Å². The number of hydrogen-bond acceptors (Lipinski definition) is 2. The van der Waals surface area contributed by atoms with E-state index < -0.39 is 17.5 Å². The quantitative estimate of drug-likeness (QED) is 0.858. The van der Waals surface area contributed by atoms with Crippen molar-refractivity contribution in [2.45, 2.75) is 38.1 Å². The van der Waals surface area contributed by atoms with Crippen molar-refractivity contribution in [3.05, 3.63) is 35.1 Å². The monoisotopic (exact) mass is 312 g/mol. The summed E-state index contributed by atoms with van der Waals surface area (Å²) in [6, 6.07) is 2.38. The normalized spacial score (nSPS) is 22.7. The summed E-state index contributed by atoms with van der Waals surface area (Å²) >= 11 is 0. The Bertz CT molecular complexity index is 468. The molecule has 1 aliphatic carbocycles. The number of rotatable bonds is 3. The van der Waals surface area contributed by atoms with Crippen molar-refractivity contribution in [3.63, 3.8) is 0 Å². The van der Waals surface area contributed by atoms with Crippen LogP contribution in [0, 0.1) is 23.4 Å². The average Bonchev–Trinajstić information content (AvgIpc) is 2.55. The number of hydrogen-bond donors (Lipinski definition) is 1. The van der Waals surface area contributed by atoms with Crippen molar-refractivity contribution in [3.8, 4) is 0 Å². The lowest BCUT2D eigenvalue weighted by Gasteiger charge is -2.41. The van der Waals surface area contributed by atoms with E-state index in [4.69, 9.17) is 0 Å². The molecule has 2 aliphatic rings. The predicted octanol–water partition coefficient (Wildman–Crippen LogP) is 3.63. The number of piperazine rings is 1. The standard InChI is InChI=1S/C17H23F3N2/c18-14-10-13(11-15(19)16(14)20)17(12-4-2-1-3-5-12)22-8-6-21-7-9-22/h10-12,17,21H,1-9H2/t17-/m0/s1. The van der Waals surface area contributed by atoms with Crippen LogP contribution in [-0.4, -0.2) is 31.1 Å². The van der Waals surface area contributed by atoms with Crippen LogP contribution in [0.25, 0.3) is 0 Å². The van der Waals surface area contributed by atoms with Gasteiger partial charge in [0.25, 0.3) is 0 Å². The Morgan fingerprint density at radius 1 is 0.955 bits per heavy atom. The highest BCUT2D eigenvalue weighted by Gasteiger charge is 2.32. The van der Waals surface area contributed by atoms with Gasteiger partial charge in [-0.2, -0.15) is 0 Å². The Balaban J connectivity index is 1.92. The van der Waals surface area contributed by atoms with E-state index in [1.807, 2.05) is 0 Å². The maximum atomic E-state index is 13.7. The topological polar surface area (TPSA) is 15.3 Å². The molecule has 2 fully saturated rings. The zero-order valence-electron chi connectivity index (χ0n) is 12.8. The van der Waals surface area contributed by atoms with E-state index in [9.17, 15) is 13.2 Å². The van der Waals surface area contributed by atoms with Crippen LogP contribution >= 0.6 is 0 Å². The first-order valence-corrected chi connectivity index (χ1v) is 8.26. The van der Waals surface area contributed by atoms with Crippen LogP contribution in [0.4, 0.5) is 13.2 Å². The second-order valence-corrected chi connectivity index (χ2v) is 6.43. The lowest BCUT2D eigenvalue weighted by molar-refractivity contribution is 0.103. The summed E-state index contributed by atoms with van der Waals surface area (Å²) in [4.78, 5) is 2.30. The molecule has 1 aromatic carbocycles. The van der Waals surface area contributed by atoms with Gasteiger partial charge >= 0.3 is 0 Å². The third-order valence-corrected chi connectivity index (χ3v) is 4.99. The van der Waals surface area contributed by atoms with Crippen LogP contribution in [0.5, 0.6) is 0 Å². The molecule has 5 heteroatoms. The summed E-state index contributed by atoms with van der Waals surface area (Å²) in [5.74, 6) is -3.13. The van der Waals surface area contributed by atoms with Crippen LogP contribution < -0.4 is 5.32 Å². The van der Waals surface area contributed by atoms with Crippen molar-refractivity contribution in [2.75, 3.05) is 26.2 Å². The molecule has 1 aliphatic heterocycles. The molecule has 1 atom stereocenters. The summed E-state index contributed by atoms with van der Waals surface area (Å²) in [5, 5.41) is 3.31. The highest BCUT2D eigenvalue weighted by molar-refractivity contribution is 5.24. The molecule has 1 N–H and O–H groups in total. The minimum atomic E-state index is -1.37. The van der Waals surface area contributed by atoms with Crippen LogP contribution in [0.15, 0.2) is 12.1 Å². The largest absolute Gasteiger partial charge is 0.314 e. The van der Waals surface area contributed by atoms with Gasteiger partial charge < -0.3 is 5.32 Å². The molecule has 122 valence electrons. The van der Waals surface area contributed by atoms with E-state index in [1.54, 1.807) is 0 Å². The minimum Gasteiger partial charge on any atom is -0.314 e. The maximum Gasteiger partial charge on any atom is 0.194 e. The number of benzene rings is 1. The van der Waals surface area contributed by atoms with Gasteiger partial charge in [0.1, 0.15) is 0 Å². The molecule has 1 aromatic rings. The Hall–Kier alpha value is -1.07. The molecule has 0 aromatic heterocycles. The summed E-state index contributed by atoms with van der Waals surface area (Å²) in [5.41, 5.74) is 0.588. The van der Waals surface area contributed by atoms with Gasteiger partial charge in [0.15, 0.2) is 17.5 Å². The maximum absolute atomic E-state index is 13.7. The predicted molar refractivity (Wildman–Crippen MR) is 80.1 cm³/mol. The van der Waals surface area contributed by atoms with Gasteiger partial charge in [0.2, 0.25) is 0 Å². The number of nitrogens with zero attached hydrogens (tertiary/aromatic N) is 1. The fraction of sp³-hybridized carbons (Fsp3) is 0.647. The van der Waals surface area contributed by atoms with E-state index in [-0.39, 0.29) is 6.04 Å². The van der Waals surface area contributed by atoms with E-state index in [1.165, 1.54) is 31.4 Å². The Morgan fingerprint density at radius 3 is 2.14 bits per heavy atom. The molecule has 3 rings (SSSR count). The smallest absolute Gasteiger partial charge is 0.194 e. The first kappa shape index (κ1) is 15.8. The molecule has 0 amide bonds. The van der Waals surface area contributed by atoms with Crippen LogP contribution in [0.3, 0.4) is 0 Å². The fourth-order valence-electron chi connectivity index (χ4n) is 3.94. The number of halogens is 3. The second kappa shape index (κ2) is 7.01. The molecule has 22 heavy (non-hydrogen) atoms. The fourth-order valence-corrected chi connectivity index (χ4v) is 3.94. The summed E-state index contributed by atoms with van der Waals surface area (Å²) < 4.78 is 40.7. The van der Waals surface area contributed by atoms with Gasteiger partial charge in [-0.3, -0.25) is 4.90 Å². The zero-order valence-corrected chi connectivity index (χ0v) is 12.8. The molecule has 2 nitrogen and oxygen atoms in total. The third-order valence-electron chi connectivity index (χ3n) is 4.99. The van der Waals surface area contributed by atoms with Gasteiger partial charge in [-0.1, -0.05) is 19.3 Å². The Kier molecular flexibility index (Phi) is 5.03. The SMILES string of the molecule is Fc1cc([C@H](C2CCCCC2)N2CCNCC2)cc(F)c1F. The second-order valence-electron chi connectivity index (χ2n) is 6.43. The molecule has 0 bridgehead atoms. The van der Waals surface area contributed by atoms with Crippen LogP contribution in [0.1, 0.15) is 43.7 Å². The van der Waals surface area contributed by atoms with Gasteiger partial charge in [-0.15, -0.1) is 0 Å². The highest BCUT2D eigenvalue weighted by atomic mass is 19.2. The van der Waals surface area contributed by atoms with Gasteiger partial charge in [-0.25, -0.2) is 13.2 Å².